The summed E-state index contributed by atoms with van der Waals surface area (Å²) in [4.78, 5) is 17.5. The maximum atomic E-state index is 13.5. The Labute approximate surface area is 176 Å². The van der Waals surface area contributed by atoms with Crippen LogP contribution in [0.1, 0.15) is 12.8 Å². The number of carbonyl (C=O) groups is 1. The topological polar surface area (TPSA) is 63.7 Å². The minimum absolute atomic E-state index is 0.252. The molecule has 1 saturated heterocycles. The highest BCUT2D eigenvalue weighted by Gasteiger charge is 2.44. The number of aromatic nitrogens is 1. The fourth-order valence-corrected chi connectivity index (χ4v) is 3.26. The van der Waals surface area contributed by atoms with Crippen LogP contribution in [0.2, 0.25) is 5.02 Å². The van der Waals surface area contributed by atoms with Crippen molar-refractivity contribution >= 4 is 23.4 Å². The molecular weight excluding hydrogens is 423 g/mol. The fourth-order valence-electron chi connectivity index (χ4n) is 3.14. The summed E-state index contributed by atoms with van der Waals surface area (Å²) >= 11 is 5.75. The molecule has 3 rings (SSSR count). The van der Waals surface area contributed by atoms with Gasteiger partial charge in [-0.3, -0.25) is 15.2 Å². The van der Waals surface area contributed by atoms with Crippen LogP contribution >= 0.6 is 11.6 Å². The zero-order chi connectivity index (χ0) is 21.6. The summed E-state index contributed by atoms with van der Waals surface area (Å²) in [7, 11) is 0. The highest BCUT2D eigenvalue weighted by Crippen LogP contribution is 2.26. The molecular formula is C20H21ClF3N3O3. The van der Waals surface area contributed by atoms with Gasteiger partial charge >= 0.3 is 12.3 Å². The monoisotopic (exact) mass is 443 g/mol. The van der Waals surface area contributed by atoms with Gasteiger partial charge in [0.2, 0.25) is 6.10 Å². The molecule has 162 valence electrons. The Bertz CT molecular complexity index is 822. The number of benzene rings is 1. The van der Waals surface area contributed by atoms with E-state index >= 15 is 0 Å². The van der Waals surface area contributed by atoms with E-state index in [1.54, 1.807) is 29.4 Å². The first-order valence-corrected chi connectivity index (χ1v) is 9.76. The third kappa shape index (κ3) is 6.77. The lowest BCUT2D eigenvalue weighted by atomic mass is 10.1. The van der Waals surface area contributed by atoms with Gasteiger partial charge in [0.15, 0.2) is 0 Å². The summed E-state index contributed by atoms with van der Waals surface area (Å²) in [6.07, 6.45) is -3.81. The van der Waals surface area contributed by atoms with E-state index in [-0.39, 0.29) is 11.8 Å². The van der Waals surface area contributed by atoms with Gasteiger partial charge in [-0.05, 0) is 55.8 Å². The molecule has 30 heavy (non-hydrogen) atoms. The molecule has 0 bridgehead atoms. The van der Waals surface area contributed by atoms with Gasteiger partial charge in [-0.25, -0.2) is 4.79 Å². The van der Waals surface area contributed by atoms with Crippen LogP contribution in [0.15, 0.2) is 48.8 Å². The minimum atomic E-state index is -4.70. The maximum Gasteiger partial charge on any atom is 0.426 e. The SMILES string of the molecule is O=C(Nc1ccc(Cl)cc1)OC(CN1CCCC(Oc2ccncc2)C1)C(F)(F)F. The molecule has 2 aromatic rings. The standard InChI is InChI=1S/C20H21ClF3N3O3/c21-14-3-5-15(6-4-14)26-19(28)30-18(20(22,23)24)13-27-11-1-2-17(12-27)29-16-7-9-25-10-8-16/h3-10,17-18H,1-2,11-13H2,(H,26,28). The second-order valence-electron chi connectivity index (χ2n) is 6.89. The normalized spacial score (nSPS) is 18.5. The van der Waals surface area contributed by atoms with Crippen molar-refractivity contribution in [1.82, 2.24) is 9.88 Å². The molecule has 1 aromatic carbocycles. The predicted molar refractivity (Wildman–Crippen MR) is 106 cm³/mol. The van der Waals surface area contributed by atoms with Gasteiger partial charge in [-0.1, -0.05) is 11.6 Å². The molecule has 1 amide bonds. The summed E-state index contributed by atoms with van der Waals surface area (Å²) in [5, 5.41) is 2.72. The molecule has 0 radical (unpaired) electrons. The molecule has 1 fully saturated rings. The molecule has 1 aromatic heterocycles. The summed E-state index contributed by atoms with van der Waals surface area (Å²) in [6.45, 7) is 0.301. The number of nitrogens with one attached hydrogen (secondary N) is 1. The highest BCUT2D eigenvalue weighted by molar-refractivity contribution is 6.30. The largest absolute Gasteiger partial charge is 0.489 e. The number of hydrogen-bond acceptors (Lipinski definition) is 5. The molecule has 10 heteroatoms. The number of anilines is 1. The number of piperidine rings is 1. The Morgan fingerprint density at radius 2 is 1.93 bits per heavy atom. The van der Waals surface area contributed by atoms with Gasteiger partial charge in [-0.15, -0.1) is 0 Å². The lowest BCUT2D eigenvalue weighted by Gasteiger charge is -2.35. The van der Waals surface area contributed by atoms with Crippen molar-refractivity contribution in [2.24, 2.45) is 0 Å². The van der Waals surface area contributed by atoms with E-state index in [9.17, 15) is 18.0 Å². The number of alkyl halides is 3. The van der Waals surface area contributed by atoms with Crippen molar-refractivity contribution in [1.29, 1.82) is 0 Å². The molecule has 2 heterocycles. The van der Waals surface area contributed by atoms with E-state index in [0.29, 0.717) is 30.3 Å². The van der Waals surface area contributed by atoms with E-state index in [4.69, 9.17) is 21.1 Å². The molecule has 0 aliphatic carbocycles. The van der Waals surface area contributed by atoms with Crippen LogP contribution in [-0.2, 0) is 4.74 Å². The van der Waals surface area contributed by atoms with Crippen LogP contribution in [-0.4, -0.2) is 54.0 Å². The van der Waals surface area contributed by atoms with E-state index in [1.165, 1.54) is 24.3 Å². The second kappa shape index (κ2) is 9.99. The van der Waals surface area contributed by atoms with Gasteiger partial charge in [0.05, 0.1) is 0 Å². The summed E-state index contributed by atoms with van der Waals surface area (Å²) in [5.41, 5.74) is 0.286. The Hall–Kier alpha value is -2.52. The van der Waals surface area contributed by atoms with Gasteiger partial charge in [0, 0.05) is 36.2 Å². The number of likely N-dealkylation sites (tertiary alicyclic amines) is 1. The minimum Gasteiger partial charge on any atom is -0.489 e. The van der Waals surface area contributed by atoms with Gasteiger partial charge in [-0.2, -0.15) is 13.2 Å². The summed E-state index contributed by atoms with van der Waals surface area (Å²) in [6, 6.07) is 9.35. The Balaban J connectivity index is 1.57. The van der Waals surface area contributed by atoms with E-state index < -0.39 is 24.9 Å². The molecule has 1 aliphatic rings. The molecule has 1 aliphatic heterocycles. The number of rotatable bonds is 6. The zero-order valence-electron chi connectivity index (χ0n) is 15.9. The third-order valence-electron chi connectivity index (χ3n) is 4.54. The van der Waals surface area contributed by atoms with Crippen molar-refractivity contribution in [3.8, 4) is 5.75 Å². The second-order valence-corrected chi connectivity index (χ2v) is 7.33. The number of halogens is 4. The Kier molecular flexibility index (Phi) is 7.38. The first-order chi connectivity index (χ1) is 14.3. The molecule has 0 spiro atoms. The van der Waals surface area contributed by atoms with Gasteiger partial charge in [0.1, 0.15) is 11.9 Å². The zero-order valence-corrected chi connectivity index (χ0v) is 16.7. The van der Waals surface area contributed by atoms with E-state index in [2.05, 4.69) is 10.3 Å². The Morgan fingerprint density at radius 1 is 1.23 bits per heavy atom. The number of nitrogens with zero attached hydrogens (tertiary/aromatic N) is 2. The Morgan fingerprint density at radius 3 is 2.60 bits per heavy atom. The highest BCUT2D eigenvalue weighted by atomic mass is 35.5. The first-order valence-electron chi connectivity index (χ1n) is 9.38. The number of ether oxygens (including phenoxy) is 2. The van der Waals surface area contributed by atoms with Crippen LogP contribution in [0.25, 0.3) is 0 Å². The molecule has 2 unspecified atom stereocenters. The summed E-state index contributed by atoms with van der Waals surface area (Å²) < 4.78 is 51.0. The maximum absolute atomic E-state index is 13.5. The van der Waals surface area contributed by atoms with E-state index in [0.717, 1.165) is 6.42 Å². The van der Waals surface area contributed by atoms with Crippen LogP contribution in [0.5, 0.6) is 5.75 Å². The third-order valence-corrected chi connectivity index (χ3v) is 4.80. The fraction of sp³-hybridized carbons (Fsp3) is 0.400. The van der Waals surface area contributed by atoms with Gasteiger partial charge in [0.25, 0.3) is 0 Å². The predicted octanol–water partition coefficient (Wildman–Crippen LogP) is 4.76. The van der Waals surface area contributed by atoms with Crippen molar-refractivity contribution < 1.29 is 27.4 Å². The van der Waals surface area contributed by atoms with Crippen LogP contribution in [0.3, 0.4) is 0 Å². The lowest BCUT2D eigenvalue weighted by molar-refractivity contribution is -0.207. The number of carbonyl (C=O) groups excluding carboxylic acids is 1. The van der Waals surface area contributed by atoms with Crippen LogP contribution in [0, 0.1) is 0 Å². The summed E-state index contributed by atoms with van der Waals surface area (Å²) in [5.74, 6) is 0.614. The van der Waals surface area contributed by atoms with Crippen molar-refractivity contribution in [2.75, 3.05) is 25.0 Å². The smallest absolute Gasteiger partial charge is 0.426 e. The quantitative estimate of drug-likeness (QED) is 0.697. The molecule has 2 atom stereocenters. The first kappa shape index (κ1) is 22.2. The van der Waals surface area contributed by atoms with Crippen molar-refractivity contribution in [2.45, 2.75) is 31.2 Å². The molecule has 6 nitrogen and oxygen atoms in total. The molecule has 0 saturated carbocycles. The average molecular weight is 444 g/mol. The molecule has 1 N–H and O–H groups in total. The van der Waals surface area contributed by atoms with E-state index in [1.807, 2.05) is 0 Å². The van der Waals surface area contributed by atoms with Crippen molar-refractivity contribution in [3.05, 3.63) is 53.8 Å². The van der Waals surface area contributed by atoms with Crippen LogP contribution in [0.4, 0.5) is 23.7 Å². The van der Waals surface area contributed by atoms with Crippen molar-refractivity contribution in [3.63, 3.8) is 0 Å². The number of hydrogen-bond donors (Lipinski definition) is 1. The van der Waals surface area contributed by atoms with Crippen LogP contribution < -0.4 is 10.1 Å². The average Bonchev–Trinajstić information content (AvgIpc) is 2.70. The van der Waals surface area contributed by atoms with Gasteiger partial charge < -0.3 is 9.47 Å². The number of pyridine rings is 1. The number of amides is 1. The lowest BCUT2D eigenvalue weighted by Crippen LogP contribution is -2.49.